The molecule has 0 spiro atoms. The van der Waals surface area contributed by atoms with E-state index in [2.05, 4.69) is 5.48 Å². The molecular weight excluding hydrogens is 446 g/mol. The average Bonchev–Trinajstić information content (AvgIpc) is 3.14. The van der Waals surface area contributed by atoms with Crippen LogP contribution in [0, 0.1) is 0 Å². The molecule has 7 nitrogen and oxygen atoms in total. The van der Waals surface area contributed by atoms with Gasteiger partial charge in [-0.2, -0.15) is 5.48 Å². The van der Waals surface area contributed by atoms with Crippen molar-refractivity contribution in [2.75, 3.05) is 13.7 Å². The summed E-state index contributed by atoms with van der Waals surface area (Å²) in [6.45, 7) is 0.738. The maximum atomic E-state index is 11.8. The van der Waals surface area contributed by atoms with Crippen LogP contribution in [0.2, 0.25) is 0 Å². The van der Waals surface area contributed by atoms with E-state index in [0.717, 1.165) is 16.7 Å². The second-order valence-electron chi connectivity index (χ2n) is 8.92. The van der Waals surface area contributed by atoms with Gasteiger partial charge in [0.2, 0.25) is 0 Å². The fraction of sp³-hybridized carbons (Fsp3) is 0.357. The van der Waals surface area contributed by atoms with Gasteiger partial charge in [-0.1, -0.05) is 91.0 Å². The average molecular weight is 478 g/mol. The number of fused-ring (bicyclic) bond motifs is 1. The van der Waals surface area contributed by atoms with Gasteiger partial charge in [-0.25, -0.2) is 0 Å². The van der Waals surface area contributed by atoms with Crippen LogP contribution in [-0.4, -0.2) is 48.8 Å². The molecule has 0 amide bonds. The number of aliphatic hydroxyl groups is 1. The summed E-state index contributed by atoms with van der Waals surface area (Å²) in [5, 5.41) is 11.8. The van der Waals surface area contributed by atoms with Crippen molar-refractivity contribution in [3.63, 3.8) is 0 Å². The van der Waals surface area contributed by atoms with E-state index in [4.69, 9.17) is 23.8 Å². The predicted molar refractivity (Wildman–Crippen MR) is 129 cm³/mol. The van der Waals surface area contributed by atoms with Crippen LogP contribution in [0.5, 0.6) is 0 Å². The van der Waals surface area contributed by atoms with Crippen LogP contribution in [0.3, 0.4) is 0 Å². The fourth-order valence-electron chi connectivity index (χ4n) is 4.84. The fourth-order valence-corrected chi connectivity index (χ4v) is 4.84. The Morgan fingerprint density at radius 1 is 0.829 bits per heavy atom. The lowest BCUT2D eigenvalue weighted by atomic mass is 9.95. The highest BCUT2D eigenvalue weighted by molar-refractivity contribution is 5.21. The Morgan fingerprint density at radius 3 is 1.94 bits per heavy atom. The molecule has 3 aromatic rings. The quantitative estimate of drug-likeness (QED) is 0.457. The molecule has 1 heterocycles. The van der Waals surface area contributed by atoms with Gasteiger partial charge in [0, 0.05) is 5.56 Å². The van der Waals surface area contributed by atoms with Crippen LogP contribution in [-0.2, 0) is 37.0 Å². The molecule has 35 heavy (non-hydrogen) atoms. The molecule has 6 atom stereocenters. The minimum Gasteiger partial charge on any atom is -0.383 e. The smallest absolute Gasteiger partial charge is 0.184 e. The van der Waals surface area contributed by atoms with Crippen LogP contribution in [0.15, 0.2) is 91.0 Å². The second kappa shape index (κ2) is 11.0. The van der Waals surface area contributed by atoms with Gasteiger partial charge in [-0.3, -0.25) is 0 Å². The first kappa shape index (κ1) is 24.1. The normalized spacial score (nSPS) is 30.2. The Balaban J connectivity index is 1.43. The number of nitrogens with one attached hydrogen (secondary N) is 1. The maximum absolute atomic E-state index is 11.8. The predicted octanol–water partition coefficient (Wildman–Crippen LogP) is 3.54. The summed E-state index contributed by atoms with van der Waals surface area (Å²) in [5.74, 6) is 0. The van der Waals surface area contributed by atoms with Crippen molar-refractivity contribution in [2.24, 2.45) is 0 Å². The summed E-state index contributed by atoms with van der Waals surface area (Å²) < 4.78 is 25.2. The number of hydrogen-bond acceptors (Lipinski definition) is 7. The number of rotatable bonds is 9. The summed E-state index contributed by atoms with van der Waals surface area (Å²) in [4.78, 5) is 5.29. The van der Waals surface area contributed by atoms with Gasteiger partial charge in [0.1, 0.15) is 23.9 Å². The van der Waals surface area contributed by atoms with Crippen molar-refractivity contribution in [1.82, 2.24) is 5.48 Å². The zero-order chi connectivity index (χ0) is 24.1. The SMILES string of the molecule is CON[C@H]1[C@H](OCc2ccccc2)[C@@H](OCc2ccccc2)[C@@H]2O[C@H](c3ccccc3)OC[C@]12O. The van der Waals surface area contributed by atoms with E-state index in [9.17, 15) is 5.11 Å². The molecule has 1 aliphatic carbocycles. The molecule has 0 unspecified atom stereocenters. The first-order chi connectivity index (χ1) is 17.2. The lowest BCUT2D eigenvalue weighted by Gasteiger charge is -2.42. The number of benzene rings is 3. The Bertz CT molecular complexity index is 1050. The number of hydrogen-bond donors (Lipinski definition) is 2. The van der Waals surface area contributed by atoms with Gasteiger partial charge in [0.25, 0.3) is 0 Å². The van der Waals surface area contributed by atoms with Gasteiger partial charge < -0.3 is 28.9 Å². The summed E-state index contributed by atoms with van der Waals surface area (Å²) in [7, 11) is 1.52. The third kappa shape index (κ3) is 5.17. The molecular formula is C28H31NO6. The molecule has 1 saturated heterocycles. The van der Waals surface area contributed by atoms with Crippen molar-refractivity contribution in [3.8, 4) is 0 Å². The summed E-state index contributed by atoms with van der Waals surface area (Å²) in [6, 6.07) is 28.9. The standard InChI is InChI=1S/C28H31NO6/c1-31-29-25-23(32-17-20-11-5-2-6-12-20)24(33-18-21-13-7-3-8-14-21)26-28(25,30)19-34-27(35-26)22-15-9-4-10-16-22/h2-16,23-27,29-30H,17-19H2,1H3/t23-,24-,25+,26+,27-,28+/m1/s1. The van der Waals surface area contributed by atoms with Crippen LogP contribution < -0.4 is 5.48 Å². The molecule has 2 fully saturated rings. The summed E-state index contributed by atoms with van der Waals surface area (Å²) in [5.41, 5.74) is 4.43. The summed E-state index contributed by atoms with van der Waals surface area (Å²) in [6.07, 6.45) is -2.47. The molecule has 0 aromatic heterocycles. The third-order valence-corrected chi connectivity index (χ3v) is 6.61. The minimum atomic E-state index is -1.43. The number of hydroxylamine groups is 1. The molecule has 7 heteroatoms. The third-order valence-electron chi connectivity index (χ3n) is 6.61. The molecule has 2 N–H and O–H groups in total. The first-order valence-corrected chi connectivity index (χ1v) is 11.8. The molecule has 1 aliphatic heterocycles. The molecule has 0 bridgehead atoms. The van der Waals surface area contributed by atoms with E-state index in [-0.39, 0.29) is 6.61 Å². The highest BCUT2D eigenvalue weighted by atomic mass is 16.7. The largest absolute Gasteiger partial charge is 0.383 e. The Morgan fingerprint density at radius 2 is 1.37 bits per heavy atom. The van der Waals surface area contributed by atoms with Gasteiger partial charge in [-0.05, 0) is 11.1 Å². The highest BCUT2D eigenvalue weighted by Gasteiger charge is 2.65. The van der Waals surface area contributed by atoms with Gasteiger partial charge >= 0.3 is 0 Å². The topological polar surface area (TPSA) is 78.4 Å². The molecule has 2 aliphatic rings. The summed E-state index contributed by atoms with van der Waals surface area (Å²) >= 11 is 0. The van der Waals surface area contributed by atoms with Crippen molar-refractivity contribution in [3.05, 3.63) is 108 Å². The van der Waals surface area contributed by atoms with Crippen molar-refractivity contribution < 1.29 is 28.9 Å². The molecule has 1 saturated carbocycles. The molecule has 3 aromatic carbocycles. The molecule has 184 valence electrons. The highest BCUT2D eigenvalue weighted by Crippen LogP contribution is 2.44. The van der Waals surface area contributed by atoms with Crippen molar-refractivity contribution >= 4 is 0 Å². The van der Waals surface area contributed by atoms with Gasteiger partial charge in [0.15, 0.2) is 6.29 Å². The second-order valence-corrected chi connectivity index (χ2v) is 8.92. The first-order valence-electron chi connectivity index (χ1n) is 11.8. The van der Waals surface area contributed by atoms with Crippen molar-refractivity contribution in [1.29, 1.82) is 0 Å². The van der Waals surface area contributed by atoms with E-state index >= 15 is 0 Å². The zero-order valence-corrected chi connectivity index (χ0v) is 19.7. The Labute approximate surface area is 205 Å². The van der Waals surface area contributed by atoms with Crippen molar-refractivity contribution in [2.45, 2.75) is 49.5 Å². The monoisotopic (exact) mass is 477 g/mol. The van der Waals surface area contributed by atoms with Crippen LogP contribution in [0.25, 0.3) is 0 Å². The van der Waals surface area contributed by atoms with E-state index in [0.29, 0.717) is 13.2 Å². The molecule has 5 rings (SSSR count). The number of ether oxygens (including phenoxy) is 4. The van der Waals surface area contributed by atoms with Crippen LogP contribution in [0.1, 0.15) is 23.0 Å². The van der Waals surface area contributed by atoms with Crippen LogP contribution >= 0.6 is 0 Å². The lowest BCUT2D eigenvalue weighted by molar-refractivity contribution is -0.305. The molecule has 0 radical (unpaired) electrons. The van der Waals surface area contributed by atoms with E-state index < -0.39 is 36.2 Å². The Kier molecular flexibility index (Phi) is 7.55. The van der Waals surface area contributed by atoms with E-state index in [1.54, 1.807) is 0 Å². The van der Waals surface area contributed by atoms with E-state index in [1.165, 1.54) is 7.11 Å². The van der Waals surface area contributed by atoms with E-state index in [1.807, 2.05) is 91.0 Å². The van der Waals surface area contributed by atoms with Gasteiger partial charge in [0.05, 0.1) is 33.0 Å². The lowest BCUT2D eigenvalue weighted by Crippen LogP contribution is -2.61. The maximum Gasteiger partial charge on any atom is 0.184 e. The van der Waals surface area contributed by atoms with Crippen LogP contribution in [0.4, 0.5) is 0 Å². The zero-order valence-electron chi connectivity index (χ0n) is 19.7. The van der Waals surface area contributed by atoms with Gasteiger partial charge in [-0.15, -0.1) is 0 Å². The minimum absolute atomic E-state index is 0.0364. The Hall–Kier alpha value is -2.62.